The van der Waals surface area contributed by atoms with E-state index in [1.807, 2.05) is 4.90 Å². The number of furan rings is 1. The highest BCUT2D eigenvalue weighted by Crippen LogP contribution is 2.29. The van der Waals surface area contributed by atoms with Crippen molar-refractivity contribution in [2.75, 3.05) is 38.1 Å². The van der Waals surface area contributed by atoms with E-state index in [2.05, 4.69) is 10.3 Å². The summed E-state index contributed by atoms with van der Waals surface area (Å²) in [6.45, 7) is 5.47. The van der Waals surface area contributed by atoms with Crippen LogP contribution >= 0.6 is 0 Å². The highest BCUT2D eigenvalue weighted by atomic mass is 19.1. The second-order valence-electron chi connectivity index (χ2n) is 7.76. The summed E-state index contributed by atoms with van der Waals surface area (Å²) in [4.78, 5) is 44.5. The van der Waals surface area contributed by atoms with Gasteiger partial charge in [-0.05, 0) is 44.2 Å². The lowest BCUT2D eigenvalue weighted by atomic mass is 10.1. The van der Waals surface area contributed by atoms with Crippen molar-refractivity contribution < 1.29 is 27.9 Å². The summed E-state index contributed by atoms with van der Waals surface area (Å²) in [5.41, 5.74) is 0.755. The number of hydrogen-bond acceptors (Lipinski definition) is 6. The summed E-state index contributed by atoms with van der Waals surface area (Å²) in [7, 11) is 0. The molecule has 1 atom stereocenters. The van der Waals surface area contributed by atoms with Crippen molar-refractivity contribution in [3.63, 3.8) is 0 Å². The van der Waals surface area contributed by atoms with Crippen LogP contribution in [-0.2, 0) is 9.53 Å². The smallest absolute Gasteiger partial charge is 0.356 e. The molecule has 2 N–H and O–H groups in total. The Kier molecular flexibility index (Phi) is 6.45. The molecule has 3 aromatic rings. The quantitative estimate of drug-likeness (QED) is 0.553. The van der Waals surface area contributed by atoms with Gasteiger partial charge in [-0.25, -0.2) is 9.18 Å². The maximum atomic E-state index is 13.9. The van der Waals surface area contributed by atoms with Crippen LogP contribution in [0.5, 0.6) is 0 Å². The van der Waals surface area contributed by atoms with Gasteiger partial charge in [-0.3, -0.25) is 14.5 Å². The van der Waals surface area contributed by atoms with Crippen molar-refractivity contribution in [1.82, 2.24) is 14.8 Å². The first-order valence-electron chi connectivity index (χ1n) is 10.7. The number of rotatable bonds is 6. The number of hydrogen-bond donors (Lipinski definition) is 2. The Hall–Kier alpha value is -3.66. The van der Waals surface area contributed by atoms with Crippen LogP contribution in [0.3, 0.4) is 0 Å². The van der Waals surface area contributed by atoms with E-state index in [1.165, 1.54) is 24.5 Å². The maximum absolute atomic E-state index is 13.9. The fraction of sp³-hybridized carbons (Fsp3) is 0.348. The van der Waals surface area contributed by atoms with E-state index >= 15 is 0 Å². The zero-order valence-electron chi connectivity index (χ0n) is 18.4. The molecule has 2 aromatic heterocycles. The Morgan fingerprint density at radius 1 is 1.21 bits per heavy atom. The largest absolute Gasteiger partial charge is 0.461 e. The van der Waals surface area contributed by atoms with Gasteiger partial charge in [-0.2, -0.15) is 0 Å². The Balaban J connectivity index is 1.47. The van der Waals surface area contributed by atoms with Gasteiger partial charge in [0.15, 0.2) is 5.76 Å². The predicted octanol–water partition coefficient (Wildman–Crippen LogP) is 2.86. The summed E-state index contributed by atoms with van der Waals surface area (Å²) in [5.74, 6) is -1.37. The van der Waals surface area contributed by atoms with Crippen LogP contribution in [0.2, 0.25) is 0 Å². The summed E-state index contributed by atoms with van der Waals surface area (Å²) < 4.78 is 24.1. The molecule has 9 nitrogen and oxygen atoms in total. The average Bonchev–Trinajstić information content (AvgIpc) is 3.47. The number of nitrogens with zero attached hydrogens (tertiary/aromatic N) is 2. The third kappa shape index (κ3) is 4.61. The topological polar surface area (TPSA) is 108 Å². The first kappa shape index (κ1) is 22.5. The van der Waals surface area contributed by atoms with Crippen LogP contribution < -0.4 is 5.32 Å². The van der Waals surface area contributed by atoms with Crippen molar-refractivity contribution in [1.29, 1.82) is 0 Å². The zero-order chi connectivity index (χ0) is 23.5. The predicted molar refractivity (Wildman–Crippen MR) is 118 cm³/mol. The third-order valence-electron chi connectivity index (χ3n) is 5.75. The van der Waals surface area contributed by atoms with Crippen LogP contribution in [0.15, 0.2) is 41.0 Å². The molecule has 1 aliphatic rings. The number of H-pyrrole nitrogens is 1. The number of piperazine rings is 1. The van der Waals surface area contributed by atoms with Crippen LogP contribution in [0.1, 0.15) is 34.9 Å². The number of halogens is 1. The molecule has 0 saturated carbocycles. The van der Waals surface area contributed by atoms with E-state index in [1.54, 1.807) is 30.9 Å². The molecule has 1 aromatic carbocycles. The first-order chi connectivity index (χ1) is 15.9. The second-order valence-corrected chi connectivity index (χ2v) is 7.76. The van der Waals surface area contributed by atoms with E-state index in [4.69, 9.17) is 9.15 Å². The highest BCUT2D eigenvalue weighted by Gasteiger charge is 2.30. The van der Waals surface area contributed by atoms with E-state index in [0.717, 1.165) is 0 Å². The molecular weight excluding hydrogens is 431 g/mol. The van der Waals surface area contributed by atoms with Gasteiger partial charge < -0.3 is 24.4 Å². The number of esters is 1. The number of fused-ring (bicyclic) bond motifs is 1. The van der Waals surface area contributed by atoms with Gasteiger partial charge in [0.2, 0.25) is 5.91 Å². The molecule has 0 unspecified atom stereocenters. The highest BCUT2D eigenvalue weighted by molar-refractivity contribution is 6.11. The number of carbonyl (C=O) groups is 3. The molecule has 1 fully saturated rings. The molecule has 0 bridgehead atoms. The van der Waals surface area contributed by atoms with Crippen molar-refractivity contribution in [2.24, 2.45) is 0 Å². The number of nitrogens with one attached hydrogen (secondary N) is 2. The molecular formula is C23H25FN4O5. The normalized spacial score (nSPS) is 15.4. The van der Waals surface area contributed by atoms with E-state index in [0.29, 0.717) is 37.1 Å². The lowest BCUT2D eigenvalue weighted by molar-refractivity contribution is -0.121. The number of aromatic amines is 1. The molecule has 174 valence electrons. The zero-order valence-corrected chi connectivity index (χ0v) is 18.4. The molecule has 10 heteroatoms. The minimum atomic E-state index is -0.637. The monoisotopic (exact) mass is 456 g/mol. The van der Waals surface area contributed by atoms with Gasteiger partial charge in [-0.1, -0.05) is 0 Å². The number of ether oxygens (including phenoxy) is 1. The summed E-state index contributed by atoms with van der Waals surface area (Å²) in [6.07, 6.45) is 1.46. The van der Waals surface area contributed by atoms with Crippen LogP contribution in [0.4, 0.5) is 10.1 Å². The molecule has 0 aliphatic carbocycles. The average molecular weight is 456 g/mol. The molecule has 33 heavy (non-hydrogen) atoms. The standard InChI is InChI=1S/C23H25FN4O5/c1-3-32-23(31)20-19(16-13-15(24)6-7-17(16)25-20)26-21(29)14(2)27-8-10-28(11-9-27)22(30)18-5-4-12-33-18/h4-7,12-14,25H,3,8-11H2,1-2H3,(H,26,29)/t14-/m0/s1. The van der Waals surface area contributed by atoms with Gasteiger partial charge >= 0.3 is 5.97 Å². The van der Waals surface area contributed by atoms with E-state index in [-0.39, 0.29) is 35.6 Å². The first-order valence-corrected chi connectivity index (χ1v) is 10.7. The van der Waals surface area contributed by atoms with Gasteiger partial charge in [0.25, 0.3) is 5.91 Å². The molecule has 0 radical (unpaired) electrons. The number of carbonyl (C=O) groups excluding carboxylic acids is 3. The van der Waals surface area contributed by atoms with E-state index in [9.17, 15) is 18.8 Å². The lowest BCUT2D eigenvalue weighted by Crippen LogP contribution is -2.54. The minimum Gasteiger partial charge on any atom is -0.461 e. The molecule has 0 spiro atoms. The van der Waals surface area contributed by atoms with Crippen molar-refractivity contribution in [3.8, 4) is 0 Å². The third-order valence-corrected chi connectivity index (χ3v) is 5.75. The van der Waals surface area contributed by atoms with Crippen LogP contribution in [0.25, 0.3) is 10.9 Å². The van der Waals surface area contributed by atoms with Crippen molar-refractivity contribution in [2.45, 2.75) is 19.9 Å². The second kappa shape index (κ2) is 9.45. The number of benzene rings is 1. The van der Waals surface area contributed by atoms with Gasteiger partial charge in [-0.15, -0.1) is 0 Å². The van der Waals surface area contributed by atoms with Crippen molar-refractivity contribution in [3.05, 3.63) is 53.9 Å². The molecule has 3 heterocycles. The Labute approximate surface area is 189 Å². The molecule has 1 aliphatic heterocycles. The van der Waals surface area contributed by atoms with Gasteiger partial charge in [0.05, 0.1) is 24.6 Å². The Morgan fingerprint density at radius 2 is 1.97 bits per heavy atom. The summed E-state index contributed by atoms with van der Waals surface area (Å²) in [6, 6.07) is 6.77. The van der Waals surface area contributed by atoms with Gasteiger partial charge in [0.1, 0.15) is 11.5 Å². The SMILES string of the molecule is CCOC(=O)c1[nH]c2ccc(F)cc2c1NC(=O)[C@H](C)N1CCN(C(=O)c2ccco2)CC1. The minimum absolute atomic E-state index is 0.0619. The lowest BCUT2D eigenvalue weighted by Gasteiger charge is -2.37. The molecule has 1 saturated heterocycles. The van der Waals surface area contributed by atoms with Gasteiger partial charge in [0, 0.05) is 37.1 Å². The summed E-state index contributed by atoms with van der Waals surface area (Å²) in [5, 5.41) is 3.16. The Bertz CT molecular complexity index is 1170. The fourth-order valence-electron chi connectivity index (χ4n) is 3.91. The molecule has 2 amide bonds. The number of amides is 2. The number of aromatic nitrogens is 1. The van der Waals surface area contributed by atoms with E-state index < -0.39 is 17.8 Å². The van der Waals surface area contributed by atoms with Crippen LogP contribution in [-0.4, -0.2) is 71.4 Å². The number of anilines is 1. The Morgan fingerprint density at radius 3 is 2.64 bits per heavy atom. The fourth-order valence-corrected chi connectivity index (χ4v) is 3.91. The maximum Gasteiger partial charge on any atom is 0.356 e. The van der Waals surface area contributed by atoms with Crippen molar-refractivity contribution >= 4 is 34.4 Å². The summed E-state index contributed by atoms with van der Waals surface area (Å²) >= 11 is 0. The molecule has 4 rings (SSSR count). The van der Waals surface area contributed by atoms with Crippen LogP contribution in [0, 0.1) is 5.82 Å².